The zero-order valence-electron chi connectivity index (χ0n) is 16.1. The van der Waals surface area contributed by atoms with Gasteiger partial charge in [0.2, 0.25) is 15.9 Å². The summed E-state index contributed by atoms with van der Waals surface area (Å²) in [5.74, 6) is -0.514. The molecular weight excluding hydrogens is 415 g/mol. The summed E-state index contributed by atoms with van der Waals surface area (Å²) in [5.41, 5.74) is 1.65. The van der Waals surface area contributed by atoms with Crippen molar-refractivity contribution in [2.45, 2.75) is 50.1 Å². The first-order chi connectivity index (χ1) is 13.7. The topological polar surface area (TPSA) is 75.3 Å². The third-order valence-electron chi connectivity index (χ3n) is 5.25. The lowest BCUT2D eigenvalue weighted by atomic mass is 9.86. The number of carbonyl (C=O) groups is 1. The number of rotatable bonds is 6. The van der Waals surface area contributed by atoms with Crippen LogP contribution in [0.3, 0.4) is 0 Å². The molecule has 0 aliphatic heterocycles. The largest absolute Gasteiger partial charge is 0.352 e. The molecule has 0 atom stereocenters. The number of carbonyl (C=O) groups excluding carboxylic acids is 1. The standard InChI is InChI=1S/C21H24ClFN2O3S/c1-14-2-11-19(12-20(14)22)29(27,28)25-18-9-5-16(6-10-18)21(26)24-13-15-3-7-17(23)8-4-15/h2-4,7-8,11-12,16,18,25H,5-6,9-10,13H2,1H3,(H,24,26). The van der Waals surface area contributed by atoms with Crippen LogP contribution in [-0.4, -0.2) is 20.4 Å². The maximum Gasteiger partial charge on any atom is 0.240 e. The second-order valence-electron chi connectivity index (χ2n) is 7.43. The second kappa shape index (κ2) is 9.24. The van der Waals surface area contributed by atoms with E-state index in [0.717, 1.165) is 11.1 Å². The molecule has 0 radical (unpaired) electrons. The lowest BCUT2D eigenvalue weighted by molar-refractivity contribution is -0.126. The van der Waals surface area contributed by atoms with Crippen LogP contribution >= 0.6 is 11.6 Å². The minimum Gasteiger partial charge on any atom is -0.352 e. The maximum absolute atomic E-state index is 12.9. The van der Waals surface area contributed by atoms with E-state index in [1.807, 2.05) is 6.92 Å². The molecule has 2 aromatic rings. The van der Waals surface area contributed by atoms with Gasteiger partial charge >= 0.3 is 0 Å². The van der Waals surface area contributed by atoms with Gasteiger partial charge in [-0.2, -0.15) is 0 Å². The smallest absolute Gasteiger partial charge is 0.240 e. The Hall–Kier alpha value is -1.96. The minimum absolute atomic E-state index is 0.0547. The average Bonchev–Trinajstić information content (AvgIpc) is 2.69. The summed E-state index contributed by atoms with van der Waals surface area (Å²) in [5, 5.41) is 3.29. The molecule has 1 aliphatic carbocycles. The van der Waals surface area contributed by atoms with Crippen molar-refractivity contribution in [3.05, 3.63) is 64.4 Å². The molecule has 156 valence electrons. The lowest BCUT2D eigenvalue weighted by Crippen LogP contribution is -2.40. The van der Waals surface area contributed by atoms with Gasteiger partial charge in [0.1, 0.15) is 5.82 Å². The zero-order chi connectivity index (χ0) is 21.0. The van der Waals surface area contributed by atoms with Gasteiger partial charge in [0, 0.05) is 23.5 Å². The van der Waals surface area contributed by atoms with E-state index in [1.165, 1.54) is 24.3 Å². The highest BCUT2D eigenvalue weighted by Gasteiger charge is 2.29. The van der Waals surface area contributed by atoms with Crippen LogP contribution in [0.25, 0.3) is 0 Å². The zero-order valence-corrected chi connectivity index (χ0v) is 17.7. The molecule has 0 heterocycles. The van der Waals surface area contributed by atoms with Crippen LogP contribution in [0, 0.1) is 18.7 Å². The van der Waals surface area contributed by atoms with Crippen LogP contribution in [0.5, 0.6) is 0 Å². The van der Waals surface area contributed by atoms with E-state index in [4.69, 9.17) is 11.6 Å². The molecule has 0 saturated heterocycles. The van der Waals surface area contributed by atoms with E-state index >= 15 is 0 Å². The van der Waals surface area contributed by atoms with Crippen molar-refractivity contribution in [3.8, 4) is 0 Å². The molecule has 0 aromatic heterocycles. The molecular formula is C21H24ClFN2O3S. The summed E-state index contributed by atoms with van der Waals surface area (Å²) in [4.78, 5) is 12.5. The number of halogens is 2. The molecule has 5 nitrogen and oxygen atoms in total. The Morgan fingerprint density at radius 2 is 1.76 bits per heavy atom. The number of hydrogen-bond donors (Lipinski definition) is 2. The molecule has 1 aliphatic rings. The molecule has 2 aromatic carbocycles. The van der Waals surface area contributed by atoms with E-state index in [1.54, 1.807) is 18.2 Å². The SMILES string of the molecule is Cc1ccc(S(=O)(=O)NC2CCC(C(=O)NCc3ccc(F)cc3)CC2)cc1Cl. The van der Waals surface area contributed by atoms with Crippen molar-refractivity contribution in [2.75, 3.05) is 0 Å². The molecule has 1 amide bonds. The van der Waals surface area contributed by atoms with Crippen LogP contribution in [0.4, 0.5) is 4.39 Å². The first kappa shape index (κ1) is 21.7. The Morgan fingerprint density at radius 1 is 1.10 bits per heavy atom. The summed E-state index contributed by atoms with van der Waals surface area (Å²) < 4.78 is 40.8. The van der Waals surface area contributed by atoms with Crippen molar-refractivity contribution in [1.29, 1.82) is 0 Å². The Kier molecular flexibility index (Phi) is 6.93. The van der Waals surface area contributed by atoms with Gasteiger partial charge in [0.05, 0.1) is 4.90 Å². The van der Waals surface area contributed by atoms with Crippen molar-refractivity contribution in [1.82, 2.24) is 10.0 Å². The van der Waals surface area contributed by atoms with Gasteiger partial charge in [0.25, 0.3) is 0 Å². The van der Waals surface area contributed by atoms with Gasteiger partial charge < -0.3 is 5.32 Å². The average molecular weight is 439 g/mol. The molecule has 2 N–H and O–H groups in total. The maximum atomic E-state index is 12.9. The van der Waals surface area contributed by atoms with Gasteiger partial charge in [-0.3, -0.25) is 4.79 Å². The number of nitrogens with one attached hydrogen (secondary N) is 2. The molecule has 1 saturated carbocycles. The number of sulfonamides is 1. The Balaban J connectivity index is 1.50. The fourth-order valence-corrected chi connectivity index (χ4v) is 5.01. The predicted molar refractivity (Wildman–Crippen MR) is 111 cm³/mol. The highest BCUT2D eigenvalue weighted by Crippen LogP contribution is 2.27. The van der Waals surface area contributed by atoms with Crippen LogP contribution in [-0.2, 0) is 21.4 Å². The van der Waals surface area contributed by atoms with Crippen molar-refractivity contribution in [2.24, 2.45) is 5.92 Å². The highest BCUT2D eigenvalue weighted by atomic mass is 35.5. The van der Waals surface area contributed by atoms with Crippen molar-refractivity contribution in [3.63, 3.8) is 0 Å². The third kappa shape index (κ3) is 5.78. The number of aryl methyl sites for hydroxylation is 1. The van der Waals surface area contributed by atoms with Gasteiger partial charge in [-0.25, -0.2) is 17.5 Å². The number of benzene rings is 2. The van der Waals surface area contributed by atoms with Gasteiger partial charge in [-0.15, -0.1) is 0 Å². The van der Waals surface area contributed by atoms with E-state index in [2.05, 4.69) is 10.0 Å². The summed E-state index contributed by atoms with van der Waals surface area (Å²) >= 11 is 6.04. The van der Waals surface area contributed by atoms with Crippen LogP contribution in [0.1, 0.15) is 36.8 Å². The van der Waals surface area contributed by atoms with E-state index in [-0.39, 0.29) is 28.6 Å². The number of hydrogen-bond acceptors (Lipinski definition) is 3. The first-order valence-electron chi connectivity index (χ1n) is 9.55. The molecule has 29 heavy (non-hydrogen) atoms. The first-order valence-corrected chi connectivity index (χ1v) is 11.4. The van der Waals surface area contributed by atoms with Gasteiger partial charge in [0.15, 0.2) is 0 Å². The summed E-state index contributed by atoms with van der Waals surface area (Å²) in [6, 6.07) is 10.5. The molecule has 0 unspecified atom stereocenters. The quantitative estimate of drug-likeness (QED) is 0.717. The van der Waals surface area contributed by atoms with E-state index in [9.17, 15) is 17.6 Å². The van der Waals surface area contributed by atoms with Crippen molar-refractivity contribution < 1.29 is 17.6 Å². The molecule has 3 rings (SSSR count). The van der Waals surface area contributed by atoms with Crippen LogP contribution in [0.2, 0.25) is 5.02 Å². The van der Waals surface area contributed by atoms with E-state index in [0.29, 0.717) is 37.3 Å². The summed E-state index contributed by atoms with van der Waals surface area (Å²) in [6.07, 6.45) is 2.40. The number of amides is 1. The fraction of sp³-hybridized carbons (Fsp3) is 0.381. The van der Waals surface area contributed by atoms with Gasteiger partial charge in [-0.1, -0.05) is 29.8 Å². The highest BCUT2D eigenvalue weighted by molar-refractivity contribution is 7.89. The molecule has 8 heteroatoms. The van der Waals surface area contributed by atoms with Crippen LogP contribution < -0.4 is 10.0 Å². The Labute approximate surface area is 175 Å². The summed E-state index contributed by atoms with van der Waals surface area (Å²) in [6.45, 7) is 2.16. The third-order valence-corrected chi connectivity index (χ3v) is 7.18. The Bertz CT molecular complexity index is 972. The fourth-order valence-electron chi connectivity index (χ4n) is 3.44. The van der Waals surface area contributed by atoms with Crippen molar-refractivity contribution >= 4 is 27.5 Å². The predicted octanol–water partition coefficient (Wildman–Crippen LogP) is 3.94. The van der Waals surface area contributed by atoms with E-state index < -0.39 is 10.0 Å². The Morgan fingerprint density at radius 3 is 2.38 bits per heavy atom. The second-order valence-corrected chi connectivity index (χ2v) is 9.55. The van der Waals surface area contributed by atoms with Crippen LogP contribution in [0.15, 0.2) is 47.4 Å². The molecule has 0 bridgehead atoms. The normalized spacial score (nSPS) is 19.7. The summed E-state index contributed by atoms with van der Waals surface area (Å²) in [7, 11) is -3.65. The molecule has 0 spiro atoms. The molecule has 1 fully saturated rings. The monoisotopic (exact) mass is 438 g/mol. The lowest BCUT2D eigenvalue weighted by Gasteiger charge is -2.28. The van der Waals surface area contributed by atoms with Gasteiger partial charge in [-0.05, 0) is 68.0 Å². The minimum atomic E-state index is -3.65.